The van der Waals surface area contributed by atoms with E-state index in [0.29, 0.717) is 13.0 Å². The predicted molar refractivity (Wildman–Crippen MR) is 226 cm³/mol. The van der Waals surface area contributed by atoms with Crippen molar-refractivity contribution in [3.8, 4) is 0 Å². The summed E-state index contributed by atoms with van der Waals surface area (Å²) in [4.78, 5) is 33.5. The number of hydrogen-bond donors (Lipinski definition) is 3. The molecule has 0 aromatic carbocycles. The standard InChI is InChI=1S/C44H80NO9P/c1-3-5-7-9-11-13-15-17-19-20-21-22-23-24-26-28-30-32-34-36-43(46)54-41(39-52-55(49,50)53-40-42(45)44(47)48)38-51-37-35-33-31-29-27-25-18-16-14-12-10-8-6-4-2/h6,8,12,14,17-19,25,41-42H,3-5,7,9-11,13,15-16,20-24,26-40,45H2,1-2H3,(H,47,48)(H,49,50)/b8-6-,14-12-,19-17-,25-18-. The van der Waals surface area contributed by atoms with Crippen LogP contribution in [0.15, 0.2) is 48.6 Å². The van der Waals surface area contributed by atoms with E-state index in [1.807, 2.05) is 0 Å². The number of ether oxygens (including phenoxy) is 2. The number of phosphoric ester groups is 1. The molecule has 0 amide bonds. The number of aliphatic carboxylic acids is 1. The second-order valence-corrected chi connectivity index (χ2v) is 15.9. The van der Waals surface area contributed by atoms with Crippen LogP contribution < -0.4 is 5.73 Å². The summed E-state index contributed by atoms with van der Waals surface area (Å²) in [5.74, 6) is -1.79. The van der Waals surface area contributed by atoms with E-state index in [0.717, 1.165) is 70.6 Å². The number of esters is 1. The lowest BCUT2D eigenvalue weighted by molar-refractivity contribution is -0.154. The molecule has 0 aliphatic carbocycles. The summed E-state index contributed by atoms with van der Waals surface area (Å²) in [5, 5.41) is 8.89. The van der Waals surface area contributed by atoms with Gasteiger partial charge in [-0.1, -0.05) is 152 Å². The Morgan fingerprint density at radius 1 is 0.600 bits per heavy atom. The Bertz CT molecular complexity index is 1060. The molecule has 0 fully saturated rings. The van der Waals surface area contributed by atoms with Gasteiger partial charge in [-0.25, -0.2) is 4.57 Å². The zero-order valence-corrected chi connectivity index (χ0v) is 35.7. The molecule has 0 saturated heterocycles. The molecule has 0 radical (unpaired) electrons. The van der Waals surface area contributed by atoms with Gasteiger partial charge in [-0.2, -0.15) is 0 Å². The maximum Gasteiger partial charge on any atom is 0.472 e. The lowest BCUT2D eigenvalue weighted by atomic mass is 10.1. The molecule has 0 aromatic heterocycles. The quantitative estimate of drug-likeness (QED) is 0.0236. The fourth-order valence-electron chi connectivity index (χ4n) is 5.73. The Labute approximate surface area is 335 Å². The van der Waals surface area contributed by atoms with Crippen LogP contribution in [0.2, 0.25) is 0 Å². The average Bonchev–Trinajstić information content (AvgIpc) is 3.16. The van der Waals surface area contributed by atoms with Crippen LogP contribution in [0.5, 0.6) is 0 Å². The van der Waals surface area contributed by atoms with Gasteiger partial charge >= 0.3 is 19.8 Å². The SMILES string of the molecule is CC/C=C\C/C=C\C/C=C\CCCCCCOCC(COP(=O)(O)OCC(N)C(=O)O)OC(=O)CCCCCCCCCCC/C=C\CCCCCCCC. The van der Waals surface area contributed by atoms with E-state index >= 15 is 0 Å². The first kappa shape index (κ1) is 52.9. The van der Waals surface area contributed by atoms with Gasteiger partial charge in [0, 0.05) is 13.0 Å². The molecule has 10 nitrogen and oxygen atoms in total. The highest BCUT2D eigenvalue weighted by molar-refractivity contribution is 7.47. The molecule has 0 aromatic rings. The van der Waals surface area contributed by atoms with Gasteiger partial charge in [0.2, 0.25) is 0 Å². The third kappa shape index (κ3) is 39.9. The number of unbranched alkanes of at least 4 members (excludes halogenated alkanes) is 19. The van der Waals surface area contributed by atoms with E-state index in [1.54, 1.807) is 0 Å². The summed E-state index contributed by atoms with van der Waals surface area (Å²) in [5.41, 5.74) is 5.35. The van der Waals surface area contributed by atoms with Crippen molar-refractivity contribution in [3.05, 3.63) is 48.6 Å². The molecule has 0 bridgehead atoms. The maximum atomic E-state index is 12.6. The van der Waals surface area contributed by atoms with Crippen LogP contribution in [0.25, 0.3) is 0 Å². The van der Waals surface area contributed by atoms with Crippen molar-refractivity contribution in [1.29, 1.82) is 0 Å². The van der Waals surface area contributed by atoms with E-state index in [1.165, 1.54) is 83.5 Å². The third-order valence-electron chi connectivity index (χ3n) is 9.09. The normalized spacial score (nSPS) is 14.4. The molecule has 3 unspecified atom stereocenters. The van der Waals surface area contributed by atoms with E-state index in [4.69, 9.17) is 29.4 Å². The van der Waals surface area contributed by atoms with Crippen LogP contribution in [0.3, 0.4) is 0 Å². The lowest BCUT2D eigenvalue weighted by Gasteiger charge is -2.20. The summed E-state index contributed by atoms with van der Waals surface area (Å²) in [7, 11) is -4.62. The van der Waals surface area contributed by atoms with Gasteiger partial charge in [-0.3, -0.25) is 18.6 Å². The van der Waals surface area contributed by atoms with Gasteiger partial charge < -0.3 is 25.2 Å². The number of hydrogen-bond acceptors (Lipinski definition) is 8. The molecule has 3 atom stereocenters. The molecule has 0 aliphatic rings. The fourth-order valence-corrected chi connectivity index (χ4v) is 6.51. The molecule has 0 heterocycles. The summed E-state index contributed by atoms with van der Waals surface area (Å²) < 4.78 is 33.3. The van der Waals surface area contributed by atoms with Crippen LogP contribution in [-0.4, -0.2) is 60.5 Å². The number of allylic oxidation sites excluding steroid dienone is 8. The molecular weight excluding hydrogens is 717 g/mol. The van der Waals surface area contributed by atoms with Crippen molar-refractivity contribution in [2.45, 2.75) is 193 Å². The Morgan fingerprint density at radius 2 is 1.05 bits per heavy atom. The number of nitrogens with two attached hydrogens (primary N) is 1. The Hall–Kier alpha value is -2.07. The second kappa shape index (κ2) is 40.1. The van der Waals surface area contributed by atoms with Crippen molar-refractivity contribution in [1.82, 2.24) is 0 Å². The molecule has 320 valence electrons. The van der Waals surface area contributed by atoms with E-state index in [9.17, 15) is 19.0 Å². The number of carboxylic acid groups (broad SMARTS) is 1. The van der Waals surface area contributed by atoms with Crippen molar-refractivity contribution in [2.75, 3.05) is 26.4 Å². The Morgan fingerprint density at radius 3 is 1.60 bits per heavy atom. The van der Waals surface area contributed by atoms with Gasteiger partial charge in [0.1, 0.15) is 12.1 Å². The number of rotatable bonds is 41. The van der Waals surface area contributed by atoms with Crippen LogP contribution in [0.1, 0.15) is 181 Å². The van der Waals surface area contributed by atoms with E-state index < -0.39 is 45.1 Å². The van der Waals surface area contributed by atoms with Crippen molar-refractivity contribution < 1.29 is 42.7 Å². The minimum Gasteiger partial charge on any atom is -0.480 e. The van der Waals surface area contributed by atoms with Crippen molar-refractivity contribution >= 4 is 19.8 Å². The molecule has 0 spiro atoms. The van der Waals surface area contributed by atoms with Crippen molar-refractivity contribution in [2.24, 2.45) is 5.73 Å². The lowest BCUT2D eigenvalue weighted by Crippen LogP contribution is -2.34. The molecule has 0 aliphatic heterocycles. The predicted octanol–water partition coefficient (Wildman–Crippen LogP) is 11.9. The smallest absolute Gasteiger partial charge is 0.472 e. The summed E-state index contributed by atoms with van der Waals surface area (Å²) in [6.07, 6.45) is 45.9. The van der Waals surface area contributed by atoms with Gasteiger partial charge in [0.05, 0.1) is 19.8 Å². The van der Waals surface area contributed by atoms with Crippen LogP contribution in [0, 0.1) is 0 Å². The van der Waals surface area contributed by atoms with Crippen LogP contribution in [-0.2, 0) is 32.7 Å². The van der Waals surface area contributed by atoms with E-state index in [2.05, 4.69) is 62.5 Å². The summed E-state index contributed by atoms with van der Waals surface area (Å²) in [6.45, 7) is 3.71. The minimum absolute atomic E-state index is 0.000349. The first-order valence-corrected chi connectivity index (χ1v) is 23.2. The number of phosphoric acid groups is 1. The zero-order chi connectivity index (χ0) is 40.5. The first-order chi connectivity index (χ1) is 26.7. The Balaban J connectivity index is 4.25. The molecule has 0 saturated carbocycles. The van der Waals surface area contributed by atoms with Gasteiger partial charge in [0.15, 0.2) is 0 Å². The number of carboxylic acids is 1. The third-order valence-corrected chi connectivity index (χ3v) is 10.0. The van der Waals surface area contributed by atoms with Crippen molar-refractivity contribution in [3.63, 3.8) is 0 Å². The van der Waals surface area contributed by atoms with Gasteiger partial charge in [0.25, 0.3) is 0 Å². The average molecular weight is 798 g/mol. The fraction of sp³-hybridized carbons (Fsp3) is 0.773. The summed E-state index contributed by atoms with van der Waals surface area (Å²) in [6, 6.07) is -1.48. The highest BCUT2D eigenvalue weighted by Gasteiger charge is 2.27. The molecule has 55 heavy (non-hydrogen) atoms. The van der Waals surface area contributed by atoms with Gasteiger partial charge in [-0.15, -0.1) is 0 Å². The van der Waals surface area contributed by atoms with E-state index in [-0.39, 0.29) is 13.0 Å². The minimum atomic E-state index is -4.62. The topological polar surface area (TPSA) is 155 Å². The molecule has 4 N–H and O–H groups in total. The number of carbonyl (C=O) groups excluding carboxylic acids is 1. The molecular formula is C44H80NO9P. The van der Waals surface area contributed by atoms with Crippen LogP contribution >= 0.6 is 7.82 Å². The zero-order valence-electron chi connectivity index (χ0n) is 34.8. The largest absolute Gasteiger partial charge is 0.480 e. The highest BCUT2D eigenvalue weighted by Crippen LogP contribution is 2.43. The summed E-state index contributed by atoms with van der Waals surface area (Å²) >= 11 is 0. The molecule has 11 heteroatoms. The monoisotopic (exact) mass is 798 g/mol. The highest BCUT2D eigenvalue weighted by atomic mass is 31.2. The molecule has 0 rings (SSSR count). The second-order valence-electron chi connectivity index (χ2n) is 14.4. The maximum absolute atomic E-state index is 12.6. The first-order valence-electron chi connectivity index (χ1n) is 21.7. The van der Waals surface area contributed by atoms with Gasteiger partial charge in [-0.05, 0) is 70.6 Å². The number of carbonyl (C=O) groups is 2. The van der Waals surface area contributed by atoms with Crippen LogP contribution in [0.4, 0.5) is 0 Å². The Kier molecular flexibility index (Phi) is 38.6.